The van der Waals surface area contributed by atoms with E-state index >= 15 is 0 Å². The van der Waals surface area contributed by atoms with E-state index in [9.17, 15) is 9.59 Å². The molecule has 0 spiro atoms. The lowest BCUT2D eigenvalue weighted by Gasteiger charge is -2.11. The highest BCUT2D eigenvalue weighted by Crippen LogP contribution is 2.33. The predicted molar refractivity (Wildman–Crippen MR) is 39.1 cm³/mol. The summed E-state index contributed by atoms with van der Waals surface area (Å²) in [6.45, 7) is 3.52. The summed E-state index contributed by atoms with van der Waals surface area (Å²) >= 11 is 0. The number of carboxylic acids is 1. The van der Waals surface area contributed by atoms with E-state index < -0.39 is 11.9 Å². The Hall–Kier alpha value is -0.860. The Morgan fingerprint density at radius 2 is 2.09 bits per heavy atom. The Bertz CT molecular complexity index is 198. The Labute approximate surface area is 65.4 Å². The molecule has 3 atom stereocenters. The number of carbonyl (C=O) groups is 2. The fourth-order valence-electron chi connectivity index (χ4n) is 1.78. The van der Waals surface area contributed by atoms with Gasteiger partial charge in [0.15, 0.2) is 0 Å². The molecule has 0 bridgehead atoms. The van der Waals surface area contributed by atoms with Crippen LogP contribution in [0.25, 0.3) is 0 Å². The van der Waals surface area contributed by atoms with Gasteiger partial charge in [-0.1, -0.05) is 13.8 Å². The van der Waals surface area contributed by atoms with Crippen molar-refractivity contribution in [1.29, 1.82) is 0 Å². The van der Waals surface area contributed by atoms with E-state index in [0.29, 0.717) is 6.42 Å². The Morgan fingerprint density at radius 3 is 2.27 bits per heavy atom. The molecular weight excluding hydrogens is 144 g/mol. The molecule has 3 unspecified atom stereocenters. The summed E-state index contributed by atoms with van der Waals surface area (Å²) in [7, 11) is 0. The minimum Gasteiger partial charge on any atom is -0.481 e. The highest BCUT2D eigenvalue weighted by atomic mass is 16.4. The lowest BCUT2D eigenvalue weighted by atomic mass is 9.92. The monoisotopic (exact) mass is 156 g/mol. The normalized spacial score (nSPS) is 37.6. The van der Waals surface area contributed by atoms with E-state index in [1.165, 1.54) is 0 Å². The summed E-state index contributed by atoms with van der Waals surface area (Å²) < 4.78 is 0. The van der Waals surface area contributed by atoms with Crippen LogP contribution < -0.4 is 0 Å². The first-order chi connectivity index (χ1) is 5.04. The molecule has 3 nitrogen and oxygen atoms in total. The van der Waals surface area contributed by atoms with Crippen LogP contribution in [0.2, 0.25) is 0 Å². The van der Waals surface area contributed by atoms with Crippen LogP contribution in [-0.2, 0) is 9.59 Å². The van der Waals surface area contributed by atoms with Crippen molar-refractivity contribution in [2.75, 3.05) is 0 Å². The maximum absolute atomic E-state index is 11.0. The average Bonchev–Trinajstić information content (AvgIpc) is 2.07. The molecule has 11 heavy (non-hydrogen) atoms. The van der Waals surface area contributed by atoms with Crippen LogP contribution >= 0.6 is 0 Å². The smallest absolute Gasteiger partial charge is 0.307 e. The van der Waals surface area contributed by atoms with Gasteiger partial charge in [0.1, 0.15) is 5.78 Å². The molecule has 1 rings (SSSR count). The number of hydrogen-bond donors (Lipinski definition) is 1. The van der Waals surface area contributed by atoms with Crippen molar-refractivity contribution in [2.24, 2.45) is 17.8 Å². The molecule has 0 amide bonds. The zero-order valence-corrected chi connectivity index (χ0v) is 6.70. The third-order valence-electron chi connectivity index (χ3n) is 2.47. The van der Waals surface area contributed by atoms with E-state index in [1.807, 2.05) is 6.92 Å². The molecule has 1 fully saturated rings. The van der Waals surface area contributed by atoms with Crippen molar-refractivity contribution in [3.8, 4) is 0 Å². The molecule has 0 heterocycles. The molecule has 0 aromatic heterocycles. The van der Waals surface area contributed by atoms with Crippen LogP contribution in [0, 0.1) is 17.8 Å². The van der Waals surface area contributed by atoms with E-state index in [2.05, 4.69) is 0 Å². The molecular formula is C8H12O3. The van der Waals surface area contributed by atoms with Crippen molar-refractivity contribution in [3.05, 3.63) is 0 Å². The fourth-order valence-corrected chi connectivity index (χ4v) is 1.78. The SMILES string of the molecule is CC1CC(=O)C(C)C1C(=O)O. The predicted octanol–water partition coefficient (Wildman–Crippen LogP) is 0.932. The van der Waals surface area contributed by atoms with Crippen LogP contribution in [0.3, 0.4) is 0 Å². The molecule has 0 saturated heterocycles. The van der Waals surface area contributed by atoms with Gasteiger partial charge in [-0.15, -0.1) is 0 Å². The summed E-state index contributed by atoms with van der Waals surface area (Å²) in [5.74, 6) is -1.49. The minimum absolute atomic E-state index is 0.00926. The summed E-state index contributed by atoms with van der Waals surface area (Å²) in [5.41, 5.74) is 0. The second kappa shape index (κ2) is 2.64. The van der Waals surface area contributed by atoms with Gasteiger partial charge in [-0.05, 0) is 5.92 Å². The summed E-state index contributed by atoms with van der Waals surface area (Å²) in [6.07, 6.45) is 0.429. The van der Waals surface area contributed by atoms with E-state index in [1.54, 1.807) is 6.92 Å². The number of aliphatic carboxylic acids is 1. The van der Waals surface area contributed by atoms with Crippen LogP contribution in [0.5, 0.6) is 0 Å². The summed E-state index contributed by atoms with van der Waals surface area (Å²) in [4.78, 5) is 21.7. The molecule has 1 aliphatic carbocycles. The topological polar surface area (TPSA) is 54.4 Å². The van der Waals surface area contributed by atoms with Gasteiger partial charge in [0.25, 0.3) is 0 Å². The van der Waals surface area contributed by atoms with Gasteiger partial charge in [-0.3, -0.25) is 9.59 Å². The van der Waals surface area contributed by atoms with Crippen LogP contribution in [-0.4, -0.2) is 16.9 Å². The average molecular weight is 156 g/mol. The van der Waals surface area contributed by atoms with E-state index in [4.69, 9.17) is 5.11 Å². The van der Waals surface area contributed by atoms with E-state index in [0.717, 1.165) is 0 Å². The zero-order chi connectivity index (χ0) is 8.59. The first-order valence-electron chi connectivity index (χ1n) is 3.79. The van der Waals surface area contributed by atoms with Crippen molar-refractivity contribution in [1.82, 2.24) is 0 Å². The van der Waals surface area contributed by atoms with Crippen LogP contribution in [0.1, 0.15) is 20.3 Å². The second-order valence-electron chi connectivity index (χ2n) is 3.30. The highest BCUT2D eigenvalue weighted by molar-refractivity contribution is 5.89. The Morgan fingerprint density at radius 1 is 1.55 bits per heavy atom. The second-order valence-corrected chi connectivity index (χ2v) is 3.30. The van der Waals surface area contributed by atoms with Crippen LogP contribution in [0.4, 0.5) is 0 Å². The van der Waals surface area contributed by atoms with Gasteiger partial charge in [-0.25, -0.2) is 0 Å². The summed E-state index contributed by atoms with van der Waals surface area (Å²) in [5, 5.41) is 8.72. The van der Waals surface area contributed by atoms with Gasteiger partial charge in [0, 0.05) is 12.3 Å². The number of Topliss-reactive ketones (excluding diaryl/α,β-unsaturated/α-hetero) is 1. The quantitative estimate of drug-likeness (QED) is 0.614. The molecule has 1 saturated carbocycles. The molecule has 0 aromatic carbocycles. The number of carboxylic acid groups (broad SMARTS) is 1. The zero-order valence-electron chi connectivity index (χ0n) is 6.70. The van der Waals surface area contributed by atoms with Crippen LogP contribution in [0.15, 0.2) is 0 Å². The fraction of sp³-hybridized carbons (Fsp3) is 0.750. The van der Waals surface area contributed by atoms with E-state index in [-0.39, 0.29) is 17.6 Å². The van der Waals surface area contributed by atoms with Gasteiger partial charge in [0.2, 0.25) is 0 Å². The number of ketones is 1. The lowest BCUT2D eigenvalue weighted by molar-refractivity contribution is -0.145. The van der Waals surface area contributed by atoms with Crippen molar-refractivity contribution in [2.45, 2.75) is 20.3 Å². The van der Waals surface area contributed by atoms with Crippen molar-refractivity contribution in [3.63, 3.8) is 0 Å². The van der Waals surface area contributed by atoms with Gasteiger partial charge < -0.3 is 5.11 Å². The molecule has 0 radical (unpaired) electrons. The first-order valence-corrected chi connectivity index (χ1v) is 3.79. The third-order valence-corrected chi connectivity index (χ3v) is 2.47. The molecule has 1 N–H and O–H groups in total. The number of hydrogen-bond acceptors (Lipinski definition) is 2. The Kier molecular flexibility index (Phi) is 1.98. The molecule has 1 aliphatic rings. The maximum atomic E-state index is 11.0. The number of rotatable bonds is 1. The molecule has 0 aromatic rings. The van der Waals surface area contributed by atoms with Crippen molar-refractivity contribution < 1.29 is 14.7 Å². The highest BCUT2D eigenvalue weighted by Gasteiger charge is 2.41. The van der Waals surface area contributed by atoms with Gasteiger partial charge in [-0.2, -0.15) is 0 Å². The molecule has 62 valence electrons. The van der Waals surface area contributed by atoms with Gasteiger partial charge >= 0.3 is 5.97 Å². The minimum atomic E-state index is -0.837. The summed E-state index contributed by atoms with van der Waals surface area (Å²) in [6, 6.07) is 0. The molecule has 0 aliphatic heterocycles. The maximum Gasteiger partial charge on any atom is 0.307 e. The first kappa shape index (κ1) is 8.24. The lowest BCUT2D eigenvalue weighted by Crippen LogP contribution is -2.22. The van der Waals surface area contributed by atoms with Crippen molar-refractivity contribution >= 4 is 11.8 Å². The largest absolute Gasteiger partial charge is 0.481 e. The van der Waals surface area contributed by atoms with Gasteiger partial charge in [0.05, 0.1) is 5.92 Å². The standard InChI is InChI=1S/C8H12O3/c1-4-3-6(9)5(2)7(4)8(10)11/h4-5,7H,3H2,1-2H3,(H,10,11). The number of carbonyl (C=O) groups excluding carboxylic acids is 1. The third kappa shape index (κ3) is 1.27. The Balaban J connectivity index is 2.79. The molecule has 3 heteroatoms.